The lowest BCUT2D eigenvalue weighted by atomic mass is 10.0. The maximum Gasteiger partial charge on any atom is 0.253 e. The predicted octanol–water partition coefficient (Wildman–Crippen LogP) is 2.23. The summed E-state index contributed by atoms with van der Waals surface area (Å²) in [5.74, 6) is 1.10. The molecule has 2 heterocycles. The first kappa shape index (κ1) is 14.4. The molecule has 1 fully saturated rings. The van der Waals surface area contributed by atoms with Crippen LogP contribution >= 0.6 is 0 Å². The van der Waals surface area contributed by atoms with Gasteiger partial charge in [-0.15, -0.1) is 0 Å². The molecule has 3 rings (SSSR count). The van der Waals surface area contributed by atoms with Gasteiger partial charge in [-0.05, 0) is 49.6 Å². The van der Waals surface area contributed by atoms with Gasteiger partial charge >= 0.3 is 0 Å². The summed E-state index contributed by atoms with van der Waals surface area (Å²) in [6.07, 6.45) is 4.30. The predicted molar refractivity (Wildman–Crippen MR) is 82.9 cm³/mol. The quantitative estimate of drug-likeness (QED) is 0.923. The van der Waals surface area contributed by atoms with Gasteiger partial charge in [-0.25, -0.2) is 0 Å². The molecule has 4 heteroatoms. The van der Waals surface area contributed by atoms with Crippen molar-refractivity contribution in [2.24, 2.45) is 0 Å². The van der Waals surface area contributed by atoms with Crippen LogP contribution < -0.4 is 10.1 Å². The highest BCUT2D eigenvalue weighted by Crippen LogP contribution is 2.26. The summed E-state index contributed by atoms with van der Waals surface area (Å²) >= 11 is 0. The number of benzene rings is 1. The molecule has 0 bridgehead atoms. The summed E-state index contributed by atoms with van der Waals surface area (Å²) in [7, 11) is 0. The van der Waals surface area contributed by atoms with E-state index in [1.165, 1.54) is 12.0 Å². The van der Waals surface area contributed by atoms with Gasteiger partial charge in [-0.3, -0.25) is 4.79 Å². The Hall–Kier alpha value is -1.55. The number of hydrogen-bond acceptors (Lipinski definition) is 3. The molecule has 0 radical (unpaired) electrons. The SMILES string of the molecule is CCCNC1CCCN(C(=O)c2ccc3c(c2)CCO3)C1. The molecule has 2 aliphatic heterocycles. The highest BCUT2D eigenvalue weighted by Gasteiger charge is 2.25. The van der Waals surface area contributed by atoms with Crippen molar-refractivity contribution in [1.82, 2.24) is 10.2 Å². The van der Waals surface area contributed by atoms with E-state index in [0.717, 1.165) is 56.8 Å². The van der Waals surface area contributed by atoms with Crippen molar-refractivity contribution in [3.8, 4) is 5.75 Å². The first-order chi connectivity index (χ1) is 10.3. The van der Waals surface area contributed by atoms with Crippen LogP contribution in [-0.2, 0) is 6.42 Å². The largest absolute Gasteiger partial charge is 0.493 e. The molecule has 4 nitrogen and oxygen atoms in total. The number of fused-ring (bicyclic) bond motifs is 1. The van der Waals surface area contributed by atoms with Gasteiger partial charge in [0.05, 0.1) is 6.61 Å². The molecule has 1 aromatic carbocycles. The minimum Gasteiger partial charge on any atom is -0.493 e. The Morgan fingerprint density at radius 2 is 2.38 bits per heavy atom. The highest BCUT2D eigenvalue weighted by molar-refractivity contribution is 5.94. The van der Waals surface area contributed by atoms with Crippen molar-refractivity contribution in [3.63, 3.8) is 0 Å². The minimum atomic E-state index is 0.160. The lowest BCUT2D eigenvalue weighted by Gasteiger charge is -2.33. The first-order valence-electron chi connectivity index (χ1n) is 8.06. The summed E-state index contributed by atoms with van der Waals surface area (Å²) in [5.41, 5.74) is 1.97. The fraction of sp³-hybridized carbons (Fsp3) is 0.588. The van der Waals surface area contributed by atoms with E-state index in [4.69, 9.17) is 4.74 Å². The number of piperidine rings is 1. The number of hydrogen-bond donors (Lipinski definition) is 1. The Morgan fingerprint density at radius 3 is 3.24 bits per heavy atom. The van der Waals surface area contributed by atoms with E-state index in [1.54, 1.807) is 0 Å². The number of carbonyl (C=O) groups is 1. The van der Waals surface area contributed by atoms with Crippen LogP contribution in [0.3, 0.4) is 0 Å². The normalized spacial score (nSPS) is 21.0. The van der Waals surface area contributed by atoms with Crippen LogP contribution in [-0.4, -0.2) is 43.1 Å². The molecule has 1 aromatic rings. The van der Waals surface area contributed by atoms with E-state index < -0.39 is 0 Å². The number of amides is 1. The zero-order valence-corrected chi connectivity index (χ0v) is 12.7. The third kappa shape index (κ3) is 3.21. The fourth-order valence-corrected chi connectivity index (χ4v) is 3.18. The molecule has 0 aromatic heterocycles. The van der Waals surface area contributed by atoms with E-state index in [0.29, 0.717) is 6.04 Å². The molecule has 1 N–H and O–H groups in total. The van der Waals surface area contributed by atoms with E-state index in [-0.39, 0.29) is 5.91 Å². The number of carbonyl (C=O) groups excluding carboxylic acids is 1. The minimum absolute atomic E-state index is 0.160. The van der Waals surface area contributed by atoms with Gasteiger partial charge in [0.15, 0.2) is 0 Å². The van der Waals surface area contributed by atoms with Crippen molar-refractivity contribution in [3.05, 3.63) is 29.3 Å². The summed E-state index contributed by atoms with van der Waals surface area (Å²) in [5, 5.41) is 3.54. The van der Waals surface area contributed by atoms with Crippen molar-refractivity contribution in [1.29, 1.82) is 0 Å². The first-order valence-corrected chi connectivity index (χ1v) is 8.06. The second kappa shape index (κ2) is 6.48. The van der Waals surface area contributed by atoms with Crippen LogP contribution in [0.4, 0.5) is 0 Å². The molecule has 0 aliphatic carbocycles. The van der Waals surface area contributed by atoms with Gasteiger partial charge in [0.1, 0.15) is 5.75 Å². The molecule has 1 saturated heterocycles. The number of nitrogens with zero attached hydrogens (tertiary/aromatic N) is 1. The molecule has 1 atom stereocenters. The molecule has 21 heavy (non-hydrogen) atoms. The Bertz CT molecular complexity index is 516. The third-order valence-corrected chi connectivity index (χ3v) is 4.33. The topological polar surface area (TPSA) is 41.6 Å². The maximum absolute atomic E-state index is 12.7. The Morgan fingerprint density at radius 1 is 1.48 bits per heavy atom. The molecule has 1 amide bonds. The lowest BCUT2D eigenvalue weighted by Crippen LogP contribution is -2.48. The fourth-order valence-electron chi connectivity index (χ4n) is 3.18. The zero-order valence-electron chi connectivity index (χ0n) is 12.7. The molecule has 1 unspecified atom stereocenters. The van der Waals surface area contributed by atoms with Crippen LogP contribution in [0, 0.1) is 0 Å². The molecule has 114 valence electrons. The summed E-state index contributed by atoms with van der Waals surface area (Å²) in [6.45, 7) is 5.64. The Kier molecular flexibility index (Phi) is 4.44. The summed E-state index contributed by atoms with van der Waals surface area (Å²) in [4.78, 5) is 14.7. The molecule has 2 aliphatic rings. The van der Waals surface area contributed by atoms with Crippen LogP contribution in [0.15, 0.2) is 18.2 Å². The van der Waals surface area contributed by atoms with Crippen molar-refractivity contribution in [2.75, 3.05) is 26.2 Å². The van der Waals surface area contributed by atoms with Crippen LogP contribution in [0.2, 0.25) is 0 Å². The van der Waals surface area contributed by atoms with Crippen molar-refractivity contribution >= 4 is 5.91 Å². The van der Waals surface area contributed by atoms with E-state index in [1.807, 2.05) is 23.1 Å². The van der Waals surface area contributed by atoms with Gasteiger partial charge in [0.25, 0.3) is 5.91 Å². The number of likely N-dealkylation sites (tertiary alicyclic amines) is 1. The number of nitrogens with one attached hydrogen (secondary N) is 1. The zero-order chi connectivity index (χ0) is 14.7. The standard InChI is InChI=1S/C17H24N2O2/c1-2-8-18-15-4-3-9-19(12-15)17(20)14-5-6-16-13(11-14)7-10-21-16/h5-6,11,15,18H,2-4,7-10,12H2,1H3. The summed E-state index contributed by atoms with van der Waals surface area (Å²) in [6, 6.07) is 6.29. The van der Waals surface area contributed by atoms with Crippen LogP contribution in [0.25, 0.3) is 0 Å². The number of ether oxygens (including phenoxy) is 1. The second-order valence-corrected chi connectivity index (χ2v) is 5.97. The van der Waals surface area contributed by atoms with Gasteiger partial charge in [-0.1, -0.05) is 6.92 Å². The smallest absolute Gasteiger partial charge is 0.253 e. The molecular weight excluding hydrogens is 264 g/mol. The van der Waals surface area contributed by atoms with Gasteiger partial charge in [0, 0.05) is 31.1 Å². The van der Waals surface area contributed by atoms with E-state index >= 15 is 0 Å². The van der Waals surface area contributed by atoms with Crippen LogP contribution in [0.1, 0.15) is 42.1 Å². The van der Waals surface area contributed by atoms with E-state index in [9.17, 15) is 4.79 Å². The highest BCUT2D eigenvalue weighted by atomic mass is 16.5. The maximum atomic E-state index is 12.7. The Labute approximate surface area is 126 Å². The third-order valence-electron chi connectivity index (χ3n) is 4.33. The Balaban J connectivity index is 1.67. The van der Waals surface area contributed by atoms with Gasteiger partial charge < -0.3 is 15.0 Å². The number of rotatable bonds is 4. The average Bonchev–Trinajstić information content (AvgIpc) is 3.00. The molecule has 0 saturated carbocycles. The van der Waals surface area contributed by atoms with Gasteiger partial charge in [0.2, 0.25) is 0 Å². The summed E-state index contributed by atoms with van der Waals surface area (Å²) < 4.78 is 5.51. The lowest BCUT2D eigenvalue weighted by molar-refractivity contribution is 0.0695. The van der Waals surface area contributed by atoms with Crippen molar-refractivity contribution < 1.29 is 9.53 Å². The second-order valence-electron chi connectivity index (χ2n) is 5.97. The van der Waals surface area contributed by atoms with Crippen LogP contribution in [0.5, 0.6) is 5.75 Å². The van der Waals surface area contributed by atoms with Crippen molar-refractivity contribution in [2.45, 2.75) is 38.6 Å². The molecular formula is C17H24N2O2. The monoisotopic (exact) mass is 288 g/mol. The average molecular weight is 288 g/mol. The van der Waals surface area contributed by atoms with E-state index in [2.05, 4.69) is 12.2 Å². The molecule has 0 spiro atoms. The van der Waals surface area contributed by atoms with Gasteiger partial charge in [-0.2, -0.15) is 0 Å².